The quantitative estimate of drug-likeness (QED) is 0.754. The van der Waals surface area contributed by atoms with Gasteiger partial charge in [0.15, 0.2) is 0 Å². The molecule has 0 aliphatic carbocycles. The molecule has 0 spiro atoms. The summed E-state index contributed by atoms with van der Waals surface area (Å²) in [6.45, 7) is 3.37. The van der Waals surface area contributed by atoms with Gasteiger partial charge in [-0.05, 0) is 43.0 Å². The number of hydrogen-bond acceptors (Lipinski definition) is 4. The number of rotatable bonds is 3. The zero-order valence-corrected chi connectivity index (χ0v) is 17.7. The second-order valence-corrected chi connectivity index (χ2v) is 8.26. The van der Waals surface area contributed by atoms with Crippen LogP contribution in [0.2, 0.25) is 5.02 Å². The Bertz CT molecular complexity index is 900. The van der Waals surface area contributed by atoms with Crippen LogP contribution in [0.15, 0.2) is 48.8 Å². The minimum atomic E-state index is -0.666. The van der Waals surface area contributed by atoms with Gasteiger partial charge in [-0.25, -0.2) is 0 Å². The minimum absolute atomic E-state index is 0.0152. The molecule has 0 atom stereocenters. The van der Waals surface area contributed by atoms with E-state index in [-0.39, 0.29) is 11.8 Å². The molecule has 0 bridgehead atoms. The maximum atomic E-state index is 13.8. The second-order valence-electron chi connectivity index (χ2n) is 7.85. The van der Waals surface area contributed by atoms with Gasteiger partial charge in [-0.2, -0.15) is 0 Å². The number of benzene rings is 1. The van der Waals surface area contributed by atoms with Crippen molar-refractivity contribution in [3.8, 4) is 0 Å². The molecule has 0 saturated carbocycles. The topological polar surface area (TPSA) is 62.7 Å². The van der Waals surface area contributed by atoms with E-state index in [1.165, 1.54) is 0 Å². The van der Waals surface area contributed by atoms with E-state index in [9.17, 15) is 9.59 Å². The highest BCUT2D eigenvalue weighted by Crippen LogP contribution is 2.40. The third-order valence-corrected chi connectivity index (χ3v) is 6.47. The largest absolute Gasteiger partial charge is 0.381 e. The van der Waals surface area contributed by atoms with Crippen LogP contribution in [0.1, 0.15) is 35.2 Å². The van der Waals surface area contributed by atoms with Crippen molar-refractivity contribution in [1.29, 1.82) is 0 Å². The molecule has 2 amide bonds. The molecule has 1 aromatic carbocycles. The van der Waals surface area contributed by atoms with E-state index >= 15 is 0 Å². The smallest absolute Gasteiger partial charge is 0.254 e. The van der Waals surface area contributed by atoms with Gasteiger partial charge in [0.2, 0.25) is 5.91 Å². The number of nitrogens with zero attached hydrogens (tertiary/aromatic N) is 3. The van der Waals surface area contributed by atoms with E-state index in [0.29, 0.717) is 62.8 Å². The molecule has 1 aromatic heterocycles. The Hall–Kier alpha value is -2.44. The summed E-state index contributed by atoms with van der Waals surface area (Å²) >= 11 is 6.53. The van der Waals surface area contributed by atoms with Crippen molar-refractivity contribution >= 4 is 23.4 Å². The monoisotopic (exact) mass is 427 g/mol. The molecule has 0 unspecified atom stereocenters. The summed E-state index contributed by atoms with van der Waals surface area (Å²) in [5.74, 6) is 0.0793. The fourth-order valence-corrected chi connectivity index (χ4v) is 4.79. The Kier molecular flexibility index (Phi) is 6.35. The van der Waals surface area contributed by atoms with Crippen LogP contribution in [0.25, 0.3) is 0 Å². The Morgan fingerprint density at radius 1 is 0.933 bits per heavy atom. The Labute approximate surface area is 181 Å². The van der Waals surface area contributed by atoms with Crippen molar-refractivity contribution in [2.75, 3.05) is 39.4 Å². The Balaban J connectivity index is 1.53. The van der Waals surface area contributed by atoms with Gasteiger partial charge in [0.05, 0.1) is 5.41 Å². The maximum Gasteiger partial charge on any atom is 0.254 e. The van der Waals surface area contributed by atoms with E-state index in [2.05, 4.69) is 4.98 Å². The average Bonchev–Trinajstić information content (AvgIpc) is 3.06. The molecule has 4 rings (SSSR count). The maximum absolute atomic E-state index is 13.8. The summed E-state index contributed by atoms with van der Waals surface area (Å²) in [6.07, 6.45) is 5.23. The third kappa shape index (κ3) is 4.07. The van der Waals surface area contributed by atoms with Gasteiger partial charge >= 0.3 is 0 Å². The fraction of sp³-hybridized carbons (Fsp3) is 0.435. The molecule has 30 heavy (non-hydrogen) atoms. The number of pyridine rings is 1. The number of hydrogen-bond donors (Lipinski definition) is 0. The van der Waals surface area contributed by atoms with Gasteiger partial charge in [0.1, 0.15) is 0 Å². The molecule has 2 saturated heterocycles. The molecule has 6 nitrogen and oxygen atoms in total. The molecule has 158 valence electrons. The van der Waals surface area contributed by atoms with Crippen LogP contribution < -0.4 is 0 Å². The highest BCUT2D eigenvalue weighted by molar-refractivity contribution is 6.31. The number of amides is 2. The summed E-state index contributed by atoms with van der Waals surface area (Å²) in [6, 6.07) is 11.1. The Morgan fingerprint density at radius 2 is 1.60 bits per heavy atom. The van der Waals surface area contributed by atoms with Crippen LogP contribution in [-0.2, 0) is 14.9 Å². The van der Waals surface area contributed by atoms with E-state index in [0.717, 1.165) is 12.0 Å². The normalized spacial score (nSPS) is 19.2. The summed E-state index contributed by atoms with van der Waals surface area (Å²) in [5, 5.41) is 0.622. The first-order valence-electron chi connectivity index (χ1n) is 10.4. The lowest BCUT2D eigenvalue weighted by Crippen LogP contribution is -2.51. The zero-order chi connectivity index (χ0) is 21.0. The summed E-state index contributed by atoms with van der Waals surface area (Å²) < 4.78 is 5.57. The van der Waals surface area contributed by atoms with Gasteiger partial charge in [0.25, 0.3) is 5.91 Å². The van der Waals surface area contributed by atoms with Gasteiger partial charge in [-0.15, -0.1) is 0 Å². The first-order chi connectivity index (χ1) is 14.6. The van der Waals surface area contributed by atoms with Gasteiger partial charge in [-0.1, -0.05) is 29.8 Å². The van der Waals surface area contributed by atoms with Crippen LogP contribution in [-0.4, -0.2) is 66.0 Å². The number of aromatic nitrogens is 1. The molecule has 0 N–H and O–H groups in total. The van der Waals surface area contributed by atoms with Crippen molar-refractivity contribution in [3.63, 3.8) is 0 Å². The number of carbonyl (C=O) groups excluding carboxylic acids is 2. The van der Waals surface area contributed by atoms with E-state index < -0.39 is 5.41 Å². The van der Waals surface area contributed by atoms with Gasteiger partial charge in [0, 0.05) is 62.4 Å². The lowest BCUT2D eigenvalue weighted by atomic mass is 9.73. The predicted molar refractivity (Wildman–Crippen MR) is 115 cm³/mol. The molecule has 2 aliphatic heterocycles. The van der Waals surface area contributed by atoms with Crippen LogP contribution in [0.5, 0.6) is 0 Å². The van der Waals surface area contributed by atoms with E-state index in [1.807, 2.05) is 34.1 Å². The highest BCUT2D eigenvalue weighted by atomic mass is 35.5. The highest BCUT2D eigenvalue weighted by Gasteiger charge is 2.45. The molecule has 2 aromatic rings. The third-order valence-electron chi connectivity index (χ3n) is 6.14. The van der Waals surface area contributed by atoms with E-state index in [1.54, 1.807) is 24.5 Å². The fourth-order valence-electron chi connectivity index (χ4n) is 4.47. The average molecular weight is 428 g/mol. The van der Waals surface area contributed by atoms with Crippen LogP contribution in [0.4, 0.5) is 0 Å². The molecule has 7 heteroatoms. The van der Waals surface area contributed by atoms with E-state index in [4.69, 9.17) is 16.3 Å². The van der Waals surface area contributed by atoms with Crippen molar-refractivity contribution in [2.45, 2.75) is 24.7 Å². The van der Waals surface area contributed by atoms with Crippen LogP contribution in [0, 0.1) is 0 Å². The van der Waals surface area contributed by atoms with Crippen LogP contribution >= 0.6 is 11.6 Å². The molecule has 2 aliphatic rings. The molecular formula is C23H26ClN3O3. The number of halogens is 1. The molecule has 3 heterocycles. The van der Waals surface area contributed by atoms with Crippen molar-refractivity contribution < 1.29 is 14.3 Å². The summed E-state index contributed by atoms with van der Waals surface area (Å²) in [4.78, 5) is 34.4. The molecular weight excluding hydrogens is 402 g/mol. The van der Waals surface area contributed by atoms with Gasteiger partial charge < -0.3 is 14.5 Å². The van der Waals surface area contributed by atoms with Crippen LogP contribution in [0.3, 0.4) is 0 Å². The summed E-state index contributed by atoms with van der Waals surface area (Å²) in [5.41, 5.74) is 0.844. The molecule has 0 radical (unpaired) electrons. The first-order valence-corrected chi connectivity index (χ1v) is 10.8. The van der Waals surface area contributed by atoms with Gasteiger partial charge in [-0.3, -0.25) is 14.6 Å². The zero-order valence-electron chi connectivity index (χ0n) is 16.9. The molecule has 2 fully saturated rings. The van der Waals surface area contributed by atoms with Crippen molar-refractivity contribution in [2.24, 2.45) is 0 Å². The Morgan fingerprint density at radius 3 is 2.33 bits per heavy atom. The summed E-state index contributed by atoms with van der Waals surface area (Å²) in [7, 11) is 0. The second kappa shape index (κ2) is 9.14. The lowest BCUT2D eigenvalue weighted by Gasteiger charge is -2.40. The minimum Gasteiger partial charge on any atom is -0.381 e. The first kappa shape index (κ1) is 20.8. The SMILES string of the molecule is O=C(c1ccncc1)N1CCCN(C(=O)C2(c3ccccc3Cl)CCOCC2)CC1. The van der Waals surface area contributed by atoms with Crippen molar-refractivity contribution in [3.05, 3.63) is 64.9 Å². The van der Waals surface area contributed by atoms with Crippen molar-refractivity contribution in [1.82, 2.24) is 14.8 Å². The number of ether oxygens (including phenoxy) is 1. The lowest BCUT2D eigenvalue weighted by molar-refractivity contribution is -0.141. The number of carbonyl (C=O) groups is 2. The standard InChI is InChI=1S/C23H26ClN3O3/c24-20-5-2-1-4-19(20)23(8-16-30-17-9-23)22(29)27-13-3-12-26(14-15-27)21(28)18-6-10-25-11-7-18/h1-2,4-7,10-11H,3,8-9,12-17H2. The predicted octanol–water partition coefficient (Wildman–Crippen LogP) is 3.16.